The number of amides is 1. The molecule has 0 atom stereocenters. The molecule has 0 fully saturated rings. The fraction of sp³-hybridized carbons (Fsp3) is 0.476. The van der Waals surface area contributed by atoms with Crippen LogP contribution in [-0.2, 0) is 9.47 Å². The van der Waals surface area contributed by atoms with Crippen molar-refractivity contribution in [3.8, 4) is 0 Å². The van der Waals surface area contributed by atoms with E-state index >= 15 is 0 Å². The first kappa shape index (κ1) is 22.1. The minimum atomic E-state index is -0.538. The second kappa shape index (κ2) is 9.67. The summed E-state index contributed by atoms with van der Waals surface area (Å²) >= 11 is 6.45. The maximum atomic E-state index is 12.5. The summed E-state index contributed by atoms with van der Waals surface area (Å²) in [6, 6.07) is 5.57. The Kier molecular flexibility index (Phi) is 8.22. The number of halogens is 1. The molecule has 1 aromatic carbocycles. The smallest absolute Gasteiger partial charge is 0.414 e. The van der Waals surface area contributed by atoms with Crippen LogP contribution in [0.2, 0.25) is 5.02 Å². The lowest BCUT2D eigenvalue weighted by Crippen LogP contribution is -2.37. The molecule has 0 aromatic heterocycles. The van der Waals surface area contributed by atoms with Crippen molar-refractivity contribution in [3.63, 3.8) is 0 Å². The van der Waals surface area contributed by atoms with Crippen LogP contribution in [0.15, 0.2) is 30.9 Å². The van der Waals surface area contributed by atoms with E-state index in [0.29, 0.717) is 17.3 Å². The van der Waals surface area contributed by atoms with E-state index in [9.17, 15) is 4.79 Å². The molecular weight excluding hydrogens is 350 g/mol. The Morgan fingerprint density at radius 1 is 1.27 bits per heavy atom. The topological polar surface area (TPSA) is 38.8 Å². The summed E-state index contributed by atoms with van der Waals surface area (Å²) in [4.78, 5) is 14.2. The van der Waals surface area contributed by atoms with Gasteiger partial charge in [-0.3, -0.25) is 4.90 Å². The van der Waals surface area contributed by atoms with Crippen LogP contribution in [0, 0.1) is 0 Å². The van der Waals surface area contributed by atoms with Crippen molar-refractivity contribution in [1.82, 2.24) is 4.90 Å². The molecule has 0 bridgehead atoms. The fourth-order valence-corrected chi connectivity index (χ4v) is 2.77. The summed E-state index contributed by atoms with van der Waals surface area (Å²) < 4.78 is 10.7. The molecule has 1 amide bonds. The maximum Gasteiger partial charge on any atom is 0.414 e. The average molecular weight is 380 g/mol. The maximum absolute atomic E-state index is 12.5. The number of allylic oxidation sites excluding steroid dienone is 1. The van der Waals surface area contributed by atoms with E-state index in [2.05, 4.69) is 6.58 Å². The van der Waals surface area contributed by atoms with Crippen LogP contribution < -0.4 is 0 Å². The van der Waals surface area contributed by atoms with E-state index in [-0.39, 0.29) is 6.09 Å². The molecule has 26 heavy (non-hydrogen) atoms. The van der Waals surface area contributed by atoms with Crippen molar-refractivity contribution in [2.75, 3.05) is 13.7 Å². The Hall–Kier alpha value is -1.94. The monoisotopic (exact) mass is 379 g/mol. The molecule has 1 aliphatic heterocycles. The molecule has 0 N–H and O–H groups in total. The van der Waals surface area contributed by atoms with Crippen molar-refractivity contribution in [1.29, 1.82) is 0 Å². The Bertz CT molecular complexity index is 674. The van der Waals surface area contributed by atoms with E-state index in [1.54, 1.807) is 18.1 Å². The van der Waals surface area contributed by atoms with Gasteiger partial charge in [0.15, 0.2) is 0 Å². The highest BCUT2D eigenvalue weighted by atomic mass is 35.5. The third-order valence-corrected chi connectivity index (χ3v) is 3.95. The third-order valence-electron chi connectivity index (χ3n) is 3.64. The molecule has 1 heterocycles. The molecule has 0 spiro atoms. The fourth-order valence-electron chi connectivity index (χ4n) is 2.49. The summed E-state index contributed by atoms with van der Waals surface area (Å²) in [6.07, 6.45) is 3.48. The molecule has 0 radical (unpaired) electrons. The van der Waals surface area contributed by atoms with E-state index in [4.69, 9.17) is 21.1 Å². The lowest BCUT2D eigenvalue weighted by atomic mass is 10.0. The Morgan fingerprint density at radius 2 is 1.92 bits per heavy atom. The average Bonchev–Trinajstić information content (AvgIpc) is 2.61. The molecule has 1 aliphatic rings. The van der Waals surface area contributed by atoms with E-state index < -0.39 is 5.60 Å². The highest BCUT2D eigenvalue weighted by Gasteiger charge is 2.27. The minimum Gasteiger partial charge on any atom is -0.497 e. The van der Waals surface area contributed by atoms with Crippen LogP contribution in [0.5, 0.6) is 0 Å². The van der Waals surface area contributed by atoms with Gasteiger partial charge in [-0.15, -0.1) is 0 Å². The molecular formula is C21H30ClNO3. The van der Waals surface area contributed by atoms with E-state index in [1.165, 1.54) is 0 Å². The molecule has 0 saturated heterocycles. The van der Waals surface area contributed by atoms with Gasteiger partial charge in [-0.25, -0.2) is 4.79 Å². The Labute approximate surface area is 162 Å². The molecule has 0 unspecified atom stereocenters. The van der Waals surface area contributed by atoms with Crippen molar-refractivity contribution in [2.45, 2.75) is 53.1 Å². The zero-order chi connectivity index (χ0) is 19.9. The van der Waals surface area contributed by atoms with Crippen LogP contribution in [0.3, 0.4) is 0 Å². The van der Waals surface area contributed by atoms with E-state index in [1.807, 2.05) is 52.8 Å². The van der Waals surface area contributed by atoms with Crippen LogP contribution >= 0.6 is 11.6 Å². The normalized spacial score (nSPS) is 14.0. The highest BCUT2D eigenvalue weighted by molar-refractivity contribution is 6.32. The van der Waals surface area contributed by atoms with Crippen LogP contribution in [0.25, 0.3) is 11.5 Å². The number of benzene rings is 1. The second-order valence-electron chi connectivity index (χ2n) is 6.69. The lowest BCUT2D eigenvalue weighted by Gasteiger charge is -2.31. The molecule has 5 heteroatoms. The van der Waals surface area contributed by atoms with Gasteiger partial charge in [0.25, 0.3) is 0 Å². The summed E-state index contributed by atoms with van der Waals surface area (Å²) in [5, 5.41) is 0.549. The van der Waals surface area contributed by atoms with Gasteiger partial charge in [0, 0.05) is 17.7 Å². The van der Waals surface area contributed by atoms with Gasteiger partial charge in [-0.2, -0.15) is 0 Å². The summed E-state index contributed by atoms with van der Waals surface area (Å²) in [5.41, 5.74) is 1.86. The molecule has 144 valence electrons. The number of hydrogen-bond donors (Lipinski definition) is 0. The lowest BCUT2D eigenvalue weighted by molar-refractivity contribution is 0.0347. The summed E-state index contributed by atoms with van der Waals surface area (Å²) in [7, 11) is 1.57. The van der Waals surface area contributed by atoms with Crippen molar-refractivity contribution < 1.29 is 14.3 Å². The number of rotatable bonds is 3. The standard InChI is InChI=1S/C19H24ClNO3.C2H6/c1-13(23-5)14-9-10-15(16(20)12-14)17-8-6-7-11-21(17)18(22)24-19(2,3)4;1-2/h8-10,12H,1,6-7,11H2,2-5H3;1-2H3. The van der Waals surface area contributed by atoms with Crippen molar-refractivity contribution in [3.05, 3.63) is 47.0 Å². The third kappa shape index (κ3) is 5.80. The summed E-state index contributed by atoms with van der Waals surface area (Å²) in [6.45, 7) is 14.0. The number of hydrogen-bond acceptors (Lipinski definition) is 3. The molecule has 4 nitrogen and oxygen atoms in total. The van der Waals surface area contributed by atoms with Crippen molar-refractivity contribution >= 4 is 29.2 Å². The first-order valence-electron chi connectivity index (χ1n) is 8.97. The van der Waals surface area contributed by atoms with E-state index in [0.717, 1.165) is 29.7 Å². The number of nitrogens with zero attached hydrogens (tertiary/aromatic N) is 1. The predicted molar refractivity (Wildman–Crippen MR) is 109 cm³/mol. The number of carbonyl (C=O) groups is 1. The zero-order valence-electron chi connectivity index (χ0n) is 16.7. The van der Waals surface area contributed by atoms with Gasteiger partial charge in [-0.1, -0.05) is 50.2 Å². The molecule has 1 aromatic rings. The second-order valence-corrected chi connectivity index (χ2v) is 7.09. The minimum absolute atomic E-state index is 0.352. The van der Waals surface area contributed by atoms with Gasteiger partial charge in [0.2, 0.25) is 0 Å². The molecule has 2 rings (SSSR count). The largest absolute Gasteiger partial charge is 0.497 e. The first-order chi connectivity index (χ1) is 12.2. The molecule has 0 saturated carbocycles. The first-order valence-corrected chi connectivity index (χ1v) is 9.34. The summed E-state index contributed by atoms with van der Waals surface area (Å²) in [5.74, 6) is 0.546. The van der Waals surface area contributed by atoms with Gasteiger partial charge in [-0.05, 0) is 39.7 Å². The predicted octanol–water partition coefficient (Wildman–Crippen LogP) is 6.36. The number of methoxy groups -OCH3 is 1. The van der Waals surface area contributed by atoms with Crippen LogP contribution in [0.1, 0.15) is 58.6 Å². The van der Waals surface area contributed by atoms with Crippen LogP contribution in [0.4, 0.5) is 4.79 Å². The van der Waals surface area contributed by atoms with Gasteiger partial charge >= 0.3 is 6.09 Å². The highest BCUT2D eigenvalue weighted by Crippen LogP contribution is 2.33. The quantitative estimate of drug-likeness (QED) is 0.574. The van der Waals surface area contributed by atoms with Gasteiger partial charge in [0.1, 0.15) is 11.4 Å². The van der Waals surface area contributed by atoms with Crippen molar-refractivity contribution in [2.24, 2.45) is 0 Å². The number of ether oxygens (including phenoxy) is 2. The molecule has 0 aliphatic carbocycles. The number of carbonyl (C=O) groups excluding carboxylic acids is 1. The van der Waals surface area contributed by atoms with Crippen LogP contribution in [-0.4, -0.2) is 30.2 Å². The zero-order valence-corrected chi connectivity index (χ0v) is 17.4. The van der Waals surface area contributed by atoms with Gasteiger partial charge < -0.3 is 9.47 Å². The van der Waals surface area contributed by atoms with Gasteiger partial charge in [0.05, 0.1) is 17.8 Å². The Morgan fingerprint density at radius 3 is 2.46 bits per heavy atom. The Balaban J connectivity index is 0.00000163. The SMILES string of the molecule is C=C(OC)c1ccc(C2=CCCCN2C(=O)OC(C)(C)C)c(Cl)c1.CC.